The van der Waals surface area contributed by atoms with E-state index in [1.54, 1.807) is 48.8 Å². The summed E-state index contributed by atoms with van der Waals surface area (Å²) in [4.78, 5) is 42.6. The average Bonchev–Trinajstić information content (AvgIpc) is 3.16. The maximum atomic E-state index is 13.7. The SMILES string of the molecule is CCOC(=O)C1=C(C)N=c2s/c(=C\c3cccc(OCC(=O)O)c3)c(=O)n2[C@H]1c1ccc(C(C)C)cc1. The molecular formula is C28H28N2O6S. The van der Waals surface area contributed by atoms with Crippen LogP contribution in [0.5, 0.6) is 5.75 Å². The number of fused-ring (bicyclic) bond motifs is 1. The zero-order valence-electron chi connectivity index (χ0n) is 21.1. The number of rotatable bonds is 8. The largest absolute Gasteiger partial charge is 0.482 e. The van der Waals surface area contributed by atoms with Crippen LogP contribution >= 0.6 is 11.3 Å². The molecule has 2 heterocycles. The summed E-state index contributed by atoms with van der Waals surface area (Å²) in [6.45, 7) is 7.45. The van der Waals surface area contributed by atoms with Crippen molar-refractivity contribution in [1.82, 2.24) is 4.57 Å². The highest BCUT2D eigenvalue weighted by Gasteiger charge is 2.33. The van der Waals surface area contributed by atoms with Crippen LogP contribution in [0.3, 0.4) is 0 Å². The maximum Gasteiger partial charge on any atom is 0.341 e. The van der Waals surface area contributed by atoms with Gasteiger partial charge in [0.15, 0.2) is 11.4 Å². The Labute approximate surface area is 217 Å². The number of ether oxygens (including phenoxy) is 2. The van der Waals surface area contributed by atoms with Gasteiger partial charge in [-0.05, 0) is 54.7 Å². The number of carboxylic acids is 1. The maximum absolute atomic E-state index is 13.7. The molecule has 1 aromatic heterocycles. The van der Waals surface area contributed by atoms with Crippen molar-refractivity contribution in [2.45, 2.75) is 39.7 Å². The molecule has 0 spiro atoms. The first-order valence-corrected chi connectivity index (χ1v) is 12.8. The van der Waals surface area contributed by atoms with Crippen molar-refractivity contribution in [3.05, 3.63) is 96.2 Å². The molecule has 37 heavy (non-hydrogen) atoms. The minimum absolute atomic E-state index is 0.208. The number of hydrogen-bond donors (Lipinski definition) is 1. The van der Waals surface area contributed by atoms with Crippen LogP contribution in [0, 0.1) is 0 Å². The van der Waals surface area contributed by atoms with Crippen molar-refractivity contribution in [2.24, 2.45) is 4.99 Å². The minimum Gasteiger partial charge on any atom is -0.482 e. The van der Waals surface area contributed by atoms with Crippen LogP contribution in [-0.2, 0) is 14.3 Å². The van der Waals surface area contributed by atoms with Gasteiger partial charge in [0, 0.05) is 0 Å². The van der Waals surface area contributed by atoms with Gasteiger partial charge in [0.2, 0.25) is 0 Å². The fourth-order valence-electron chi connectivity index (χ4n) is 4.16. The van der Waals surface area contributed by atoms with Crippen LogP contribution in [0.15, 0.2) is 69.6 Å². The fraction of sp³-hybridized carbons (Fsp3) is 0.286. The molecule has 0 bridgehead atoms. The highest BCUT2D eigenvalue weighted by atomic mass is 32.1. The predicted octanol–water partition coefficient (Wildman–Crippen LogP) is 3.39. The Balaban J connectivity index is 1.85. The molecule has 0 fully saturated rings. The van der Waals surface area contributed by atoms with Gasteiger partial charge in [0.25, 0.3) is 5.56 Å². The summed E-state index contributed by atoms with van der Waals surface area (Å²) in [5, 5.41) is 8.86. The second-order valence-corrected chi connectivity index (χ2v) is 9.89. The predicted molar refractivity (Wildman–Crippen MR) is 141 cm³/mol. The molecule has 3 aromatic rings. The minimum atomic E-state index is -1.08. The number of thiazole rings is 1. The van der Waals surface area contributed by atoms with Gasteiger partial charge in [-0.1, -0.05) is 61.6 Å². The van der Waals surface area contributed by atoms with Gasteiger partial charge in [0.05, 0.1) is 28.5 Å². The summed E-state index contributed by atoms with van der Waals surface area (Å²) in [6, 6.07) is 14.1. The number of carbonyl (C=O) groups excluding carboxylic acids is 1. The summed E-state index contributed by atoms with van der Waals surface area (Å²) < 4.78 is 12.6. The van der Waals surface area contributed by atoms with E-state index in [1.165, 1.54) is 11.3 Å². The van der Waals surface area contributed by atoms with Crippen molar-refractivity contribution in [2.75, 3.05) is 13.2 Å². The molecular weight excluding hydrogens is 492 g/mol. The van der Waals surface area contributed by atoms with E-state index in [0.29, 0.717) is 37.8 Å². The zero-order valence-corrected chi connectivity index (χ0v) is 21.9. The lowest BCUT2D eigenvalue weighted by Gasteiger charge is -2.25. The number of esters is 1. The van der Waals surface area contributed by atoms with Crippen molar-refractivity contribution < 1.29 is 24.2 Å². The van der Waals surface area contributed by atoms with E-state index in [1.807, 2.05) is 24.3 Å². The Bertz CT molecular complexity index is 1550. The first-order valence-electron chi connectivity index (χ1n) is 11.9. The smallest absolute Gasteiger partial charge is 0.341 e. The topological polar surface area (TPSA) is 107 Å². The molecule has 0 unspecified atom stereocenters. The van der Waals surface area contributed by atoms with Gasteiger partial charge in [-0.15, -0.1) is 0 Å². The first-order chi connectivity index (χ1) is 17.7. The quantitative estimate of drug-likeness (QED) is 0.457. The molecule has 9 heteroatoms. The molecule has 0 amide bonds. The fourth-order valence-corrected chi connectivity index (χ4v) is 5.21. The molecule has 0 radical (unpaired) electrons. The van der Waals surface area contributed by atoms with E-state index in [9.17, 15) is 14.4 Å². The summed E-state index contributed by atoms with van der Waals surface area (Å²) in [5.74, 6) is -0.854. The van der Waals surface area contributed by atoms with Crippen molar-refractivity contribution in [3.8, 4) is 5.75 Å². The van der Waals surface area contributed by atoms with Crippen LogP contribution < -0.4 is 19.6 Å². The molecule has 0 aliphatic carbocycles. The number of hydrogen-bond acceptors (Lipinski definition) is 7. The lowest BCUT2D eigenvalue weighted by Crippen LogP contribution is -2.39. The van der Waals surface area contributed by atoms with Gasteiger partial charge < -0.3 is 14.6 Å². The van der Waals surface area contributed by atoms with Crippen molar-refractivity contribution in [3.63, 3.8) is 0 Å². The second kappa shape index (κ2) is 11.0. The number of aromatic nitrogens is 1. The highest BCUT2D eigenvalue weighted by Crippen LogP contribution is 2.31. The van der Waals surface area contributed by atoms with Crippen LogP contribution in [0.1, 0.15) is 56.3 Å². The second-order valence-electron chi connectivity index (χ2n) is 8.88. The summed E-state index contributed by atoms with van der Waals surface area (Å²) in [5.41, 5.74) is 3.17. The Hall–Kier alpha value is -3.98. The molecule has 1 aliphatic rings. The lowest BCUT2D eigenvalue weighted by atomic mass is 9.93. The number of carboxylic acid groups (broad SMARTS) is 1. The number of nitrogens with zero attached hydrogens (tertiary/aromatic N) is 2. The molecule has 1 aliphatic heterocycles. The first kappa shape index (κ1) is 26.1. The lowest BCUT2D eigenvalue weighted by molar-refractivity contribution is -0.140. The third-order valence-corrected chi connectivity index (χ3v) is 6.94. The normalized spacial score (nSPS) is 15.4. The number of benzene rings is 2. The van der Waals surface area contributed by atoms with Gasteiger partial charge in [-0.2, -0.15) is 0 Å². The van der Waals surface area contributed by atoms with Gasteiger partial charge in [-0.25, -0.2) is 14.6 Å². The number of carbonyl (C=O) groups is 2. The third kappa shape index (κ3) is 5.56. The zero-order chi connectivity index (χ0) is 26.7. The Morgan fingerprint density at radius 2 is 1.92 bits per heavy atom. The molecule has 1 atom stereocenters. The molecule has 192 valence electrons. The van der Waals surface area contributed by atoms with Crippen LogP contribution in [-0.4, -0.2) is 34.8 Å². The van der Waals surface area contributed by atoms with E-state index in [4.69, 9.17) is 14.6 Å². The van der Waals surface area contributed by atoms with E-state index in [2.05, 4.69) is 18.8 Å². The molecule has 0 saturated heterocycles. The standard InChI is InChI=1S/C28H28N2O6S/c1-5-35-27(34)24-17(4)29-28-30(25(24)20-11-9-19(10-12-20)16(2)3)26(33)22(37-28)14-18-7-6-8-21(13-18)36-15-23(31)32/h6-14,16,25H,5,15H2,1-4H3,(H,31,32)/b22-14-/t25-/m0/s1. The van der Waals surface area contributed by atoms with E-state index in [-0.39, 0.29) is 12.2 Å². The van der Waals surface area contributed by atoms with Crippen LogP contribution in [0.2, 0.25) is 0 Å². The molecule has 4 rings (SSSR count). The number of aliphatic carboxylic acids is 1. The van der Waals surface area contributed by atoms with Crippen LogP contribution in [0.4, 0.5) is 0 Å². The van der Waals surface area contributed by atoms with Gasteiger partial charge >= 0.3 is 11.9 Å². The Morgan fingerprint density at radius 1 is 1.19 bits per heavy atom. The average molecular weight is 521 g/mol. The Kier molecular flexibility index (Phi) is 7.73. The van der Waals surface area contributed by atoms with Gasteiger partial charge in [-0.3, -0.25) is 9.36 Å². The summed E-state index contributed by atoms with van der Waals surface area (Å²) in [7, 11) is 0. The monoisotopic (exact) mass is 520 g/mol. The molecule has 0 saturated carbocycles. The van der Waals surface area contributed by atoms with E-state index < -0.39 is 24.6 Å². The molecule has 1 N–H and O–H groups in total. The van der Waals surface area contributed by atoms with E-state index >= 15 is 0 Å². The third-order valence-electron chi connectivity index (χ3n) is 5.95. The van der Waals surface area contributed by atoms with Crippen LogP contribution in [0.25, 0.3) is 6.08 Å². The summed E-state index contributed by atoms with van der Waals surface area (Å²) in [6.07, 6.45) is 1.71. The molecule has 2 aromatic carbocycles. The number of allylic oxidation sites excluding steroid dienone is 1. The van der Waals surface area contributed by atoms with Crippen molar-refractivity contribution in [1.29, 1.82) is 0 Å². The molecule has 8 nitrogen and oxygen atoms in total. The summed E-state index contributed by atoms with van der Waals surface area (Å²) >= 11 is 1.23. The highest BCUT2D eigenvalue weighted by molar-refractivity contribution is 7.07. The van der Waals surface area contributed by atoms with Crippen molar-refractivity contribution >= 4 is 29.4 Å². The van der Waals surface area contributed by atoms with E-state index in [0.717, 1.165) is 11.1 Å². The Morgan fingerprint density at radius 3 is 2.57 bits per heavy atom. The van der Waals surface area contributed by atoms with Gasteiger partial charge in [0.1, 0.15) is 5.75 Å².